The molecule has 2 aromatic rings. The van der Waals surface area contributed by atoms with Crippen molar-refractivity contribution in [3.8, 4) is 5.75 Å². The molecular formula is C15H14BrNO3. The molecule has 0 bridgehead atoms. The minimum atomic E-state index is -1.06. The fraction of sp³-hybridized carbons (Fsp3) is 0.133. The first-order valence-corrected chi connectivity index (χ1v) is 6.77. The molecular weight excluding hydrogens is 322 g/mol. The van der Waals surface area contributed by atoms with Gasteiger partial charge in [-0.2, -0.15) is 0 Å². The molecule has 0 amide bonds. The van der Waals surface area contributed by atoms with Gasteiger partial charge < -0.3 is 15.6 Å². The second-order valence-corrected chi connectivity index (χ2v) is 5.34. The third kappa shape index (κ3) is 3.30. The van der Waals surface area contributed by atoms with Crippen LogP contribution in [0, 0.1) is 6.92 Å². The minimum absolute atomic E-state index is 0.0656. The smallest absolute Gasteiger partial charge is 0.337 e. The molecule has 20 heavy (non-hydrogen) atoms. The first-order valence-electron chi connectivity index (χ1n) is 5.98. The van der Waals surface area contributed by atoms with Gasteiger partial charge in [-0.3, -0.25) is 0 Å². The number of nitrogens with two attached hydrogens (primary N) is 1. The van der Waals surface area contributed by atoms with Crippen LogP contribution >= 0.6 is 15.9 Å². The van der Waals surface area contributed by atoms with E-state index in [1.165, 1.54) is 6.07 Å². The summed E-state index contributed by atoms with van der Waals surface area (Å²) in [6, 6.07) is 10.9. The Balaban J connectivity index is 2.17. The molecule has 0 heterocycles. The highest BCUT2D eigenvalue weighted by molar-refractivity contribution is 9.10. The van der Waals surface area contributed by atoms with Gasteiger partial charge in [0.2, 0.25) is 0 Å². The monoisotopic (exact) mass is 335 g/mol. The number of hydrogen-bond acceptors (Lipinski definition) is 3. The van der Waals surface area contributed by atoms with E-state index < -0.39 is 5.97 Å². The molecule has 0 saturated carbocycles. The number of aromatic carboxylic acids is 1. The highest BCUT2D eigenvalue weighted by atomic mass is 79.9. The van der Waals surface area contributed by atoms with Crippen molar-refractivity contribution in [1.82, 2.24) is 0 Å². The second-order valence-electron chi connectivity index (χ2n) is 4.42. The minimum Gasteiger partial charge on any atom is -0.489 e. The largest absolute Gasteiger partial charge is 0.489 e. The number of ether oxygens (including phenoxy) is 1. The van der Waals surface area contributed by atoms with E-state index in [1.807, 2.05) is 24.3 Å². The van der Waals surface area contributed by atoms with Crippen LogP contribution in [0.25, 0.3) is 0 Å². The first kappa shape index (κ1) is 14.4. The third-order valence-corrected chi connectivity index (χ3v) is 3.44. The summed E-state index contributed by atoms with van der Waals surface area (Å²) in [5.74, 6) is -0.559. The van der Waals surface area contributed by atoms with Gasteiger partial charge >= 0.3 is 5.97 Å². The average Bonchev–Trinajstić information content (AvgIpc) is 2.41. The lowest BCUT2D eigenvalue weighted by Crippen LogP contribution is -2.05. The van der Waals surface area contributed by atoms with E-state index in [4.69, 9.17) is 15.6 Å². The summed E-state index contributed by atoms with van der Waals surface area (Å²) in [5, 5.41) is 9.09. The van der Waals surface area contributed by atoms with Gasteiger partial charge in [0.1, 0.15) is 12.4 Å². The van der Waals surface area contributed by atoms with Gasteiger partial charge in [0.15, 0.2) is 0 Å². The molecule has 3 N–H and O–H groups in total. The van der Waals surface area contributed by atoms with Gasteiger partial charge in [-0.15, -0.1) is 0 Å². The van der Waals surface area contributed by atoms with E-state index >= 15 is 0 Å². The predicted octanol–water partition coefficient (Wildman–Crippen LogP) is 3.62. The Morgan fingerprint density at radius 1 is 1.30 bits per heavy atom. The summed E-state index contributed by atoms with van der Waals surface area (Å²) in [6.07, 6.45) is 0. The maximum atomic E-state index is 11.1. The highest BCUT2D eigenvalue weighted by Crippen LogP contribution is 2.25. The van der Waals surface area contributed by atoms with Crippen molar-refractivity contribution in [3.05, 3.63) is 57.6 Å². The zero-order valence-electron chi connectivity index (χ0n) is 10.9. The summed E-state index contributed by atoms with van der Waals surface area (Å²) in [6.45, 7) is 2.13. The van der Waals surface area contributed by atoms with Crippen molar-refractivity contribution in [1.29, 1.82) is 0 Å². The Bertz CT molecular complexity index is 638. The van der Waals surface area contributed by atoms with Crippen molar-refractivity contribution < 1.29 is 14.6 Å². The van der Waals surface area contributed by atoms with E-state index in [1.54, 1.807) is 13.0 Å². The van der Waals surface area contributed by atoms with Crippen molar-refractivity contribution in [2.75, 3.05) is 5.73 Å². The summed E-state index contributed by atoms with van der Waals surface area (Å²) in [5.41, 5.74) is 7.76. The number of carbonyl (C=O) groups is 1. The number of carboxylic acid groups (broad SMARTS) is 1. The predicted molar refractivity (Wildman–Crippen MR) is 81.0 cm³/mol. The second kappa shape index (κ2) is 5.96. The van der Waals surface area contributed by atoms with E-state index in [9.17, 15) is 4.79 Å². The van der Waals surface area contributed by atoms with Crippen LogP contribution in [0.1, 0.15) is 21.5 Å². The highest BCUT2D eigenvalue weighted by Gasteiger charge is 2.12. The average molecular weight is 336 g/mol. The number of anilines is 1. The Kier molecular flexibility index (Phi) is 4.29. The van der Waals surface area contributed by atoms with Crippen molar-refractivity contribution in [2.45, 2.75) is 13.5 Å². The quantitative estimate of drug-likeness (QED) is 0.837. The molecule has 0 aliphatic rings. The topological polar surface area (TPSA) is 72.5 Å². The number of hydrogen-bond donors (Lipinski definition) is 2. The number of halogens is 1. The van der Waals surface area contributed by atoms with Crippen LogP contribution in [0.3, 0.4) is 0 Å². The molecule has 4 nitrogen and oxygen atoms in total. The van der Waals surface area contributed by atoms with Gasteiger partial charge in [-0.05, 0) is 42.3 Å². The zero-order chi connectivity index (χ0) is 14.7. The Labute approximate surface area is 125 Å². The lowest BCUT2D eigenvalue weighted by atomic mass is 10.1. The third-order valence-electron chi connectivity index (χ3n) is 2.91. The van der Waals surface area contributed by atoms with Crippen molar-refractivity contribution >= 4 is 27.6 Å². The van der Waals surface area contributed by atoms with Crippen LogP contribution in [-0.4, -0.2) is 11.1 Å². The number of benzene rings is 2. The molecule has 0 radical (unpaired) electrons. The molecule has 0 aliphatic carbocycles. The Hall–Kier alpha value is -2.01. The normalized spacial score (nSPS) is 10.3. The molecule has 0 aromatic heterocycles. The molecule has 0 atom stereocenters. The molecule has 0 unspecified atom stereocenters. The molecule has 5 heteroatoms. The fourth-order valence-corrected chi connectivity index (χ4v) is 2.04. The molecule has 104 valence electrons. The Morgan fingerprint density at radius 2 is 1.95 bits per heavy atom. The number of aryl methyl sites for hydroxylation is 1. The zero-order valence-corrected chi connectivity index (χ0v) is 12.5. The number of rotatable bonds is 4. The standard InChI is InChI=1S/C15H14BrNO3/c1-9-6-12(7-13(14(9)17)15(18)19)20-8-10-2-4-11(16)5-3-10/h2-7H,8,17H2,1H3,(H,18,19). The molecule has 2 aromatic carbocycles. The van der Waals surface area contributed by atoms with Crippen LogP contribution in [0.2, 0.25) is 0 Å². The number of nitrogen functional groups attached to an aromatic ring is 1. The van der Waals surface area contributed by atoms with Gasteiger partial charge in [0.05, 0.1) is 5.56 Å². The maximum Gasteiger partial charge on any atom is 0.337 e. The van der Waals surface area contributed by atoms with Gasteiger partial charge in [-0.25, -0.2) is 4.79 Å². The van der Waals surface area contributed by atoms with Crippen LogP contribution < -0.4 is 10.5 Å². The molecule has 2 rings (SSSR count). The molecule has 0 fully saturated rings. The number of carboxylic acids is 1. The summed E-state index contributed by atoms with van der Waals surface area (Å²) < 4.78 is 6.62. The molecule has 0 aliphatic heterocycles. The van der Waals surface area contributed by atoms with Crippen molar-refractivity contribution in [3.63, 3.8) is 0 Å². The van der Waals surface area contributed by atoms with Gasteiger partial charge in [0.25, 0.3) is 0 Å². The fourth-order valence-electron chi connectivity index (χ4n) is 1.77. The lowest BCUT2D eigenvalue weighted by molar-refractivity contribution is 0.0697. The van der Waals surface area contributed by atoms with Crippen LogP contribution in [0.5, 0.6) is 5.75 Å². The molecule has 0 spiro atoms. The Morgan fingerprint density at radius 3 is 2.55 bits per heavy atom. The van der Waals surface area contributed by atoms with Crippen LogP contribution in [0.15, 0.2) is 40.9 Å². The maximum absolute atomic E-state index is 11.1. The van der Waals surface area contributed by atoms with E-state index in [2.05, 4.69) is 15.9 Å². The van der Waals surface area contributed by atoms with Crippen molar-refractivity contribution in [2.24, 2.45) is 0 Å². The lowest BCUT2D eigenvalue weighted by Gasteiger charge is -2.11. The van der Waals surface area contributed by atoms with Crippen LogP contribution in [-0.2, 0) is 6.61 Å². The summed E-state index contributed by atoms with van der Waals surface area (Å²) in [4.78, 5) is 11.1. The first-order chi connectivity index (χ1) is 9.47. The molecule has 0 saturated heterocycles. The summed E-state index contributed by atoms with van der Waals surface area (Å²) in [7, 11) is 0. The van der Waals surface area contributed by atoms with Gasteiger partial charge in [0, 0.05) is 10.2 Å². The van der Waals surface area contributed by atoms with Gasteiger partial charge in [-0.1, -0.05) is 28.1 Å². The van der Waals surface area contributed by atoms with Crippen LogP contribution in [0.4, 0.5) is 5.69 Å². The SMILES string of the molecule is Cc1cc(OCc2ccc(Br)cc2)cc(C(=O)O)c1N. The van der Waals surface area contributed by atoms with E-state index in [0.29, 0.717) is 17.9 Å². The van der Waals surface area contributed by atoms with E-state index in [-0.39, 0.29) is 11.3 Å². The summed E-state index contributed by atoms with van der Waals surface area (Å²) >= 11 is 3.36. The van der Waals surface area contributed by atoms with E-state index in [0.717, 1.165) is 10.0 Å².